The molecule has 0 bridgehead atoms. The van der Waals surface area contributed by atoms with Gasteiger partial charge < -0.3 is 15.0 Å². The molecule has 3 aromatic carbocycles. The maximum Gasteiger partial charge on any atom is 0.238 e. The molecule has 7 rings (SSSR count). The Hall–Kier alpha value is -4.49. The van der Waals surface area contributed by atoms with E-state index in [1.807, 2.05) is 71.8 Å². The van der Waals surface area contributed by atoms with Crippen molar-refractivity contribution in [1.82, 2.24) is 0 Å². The van der Waals surface area contributed by atoms with Crippen LogP contribution in [-0.4, -0.2) is 36.7 Å². The number of rotatable bonds is 5. The molecule has 0 radical (unpaired) electrons. The lowest BCUT2D eigenvalue weighted by molar-refractivity contribution is -0.121. The van der Waals surface area contributed by atoms with Gasteiger partial charge in [-0.05, 0) is 53.8 Å². The van der Waals surface area contributed by atoms with Gasteiger partial charge in [-0.3, -0.25) is 14.4 Å². The Balaban J connectivity index is 1.56. The van der Waals surface area contributed by atoms with Crippen LogP contribution in [0.2, 0.25) is 0 Å². The molecule has 4 atom stereocenters. The van der Waals surface area contributed by atoms with Crippen LogP contribution in [0.15, 0.2) is 96.4 Å². The van der Waals surface area contributed by atoms with Crippen LogP contribution in [0.25, 0.3) is 5.57 Å². The number of benzene rings is 3. The highest BCUT2D eigenvalue weighted by atomic mass is 32.1. The maximum atomic E-state index is 14.8. The van der Waals surface area contributed by atoms with Gasteiger partial charge in [0.05, 0.1) is 23.9 Å². The van der Waals surface area contributed by atoms with Gasteiger partial charge in [0.1, 0.15) is 17.2 Å². The minimum absolute atomic E-state index is 0.168. The molecule has 1 fully saturated rings. The Morgan fingerprint density at radius 2 is 1.75 bits per heavy atom. The van der Waals surface area contributed by atoms with Crippen LogP contribution in [0.1, 0.15) is 38.1 Å². The first-order valence-electron chi connectivity index (χ1n) is 13.2. The first-order chi connectivity index (χ1) is 19.5. The molecule has 1 aromatic heterocycles. The molecule has 40 heavy (non-hydrogen) atoms. The summed E-state index contributed by atoms with van der Waals surface area (Å²) < 4.78 is 5.43. The number of ether oxygens (including phenoxy) is 1. The molecule has 198 valence electrons. The Bertz CT molecular complexity index is 1730. The van der Waals surface area contributed by atoms with E-state index >= 15 is 0 Å². The fraction of sp³-hybridized carbons (Fsp3) is 0.182. The van der Waals surface area contributed by atoms with Gasteiger partial charge in [-0.25, -0.2) is 0 Å². The van der Waals surface area contributed by atoms with Gasteiger partial charge in [0.25, 0.3) is 0 Å². The highest BCUT2D eigenvalue weighted by Crippen LogP contribution is 2.59. The zero-order valence-electron chi connectivity index (χ0n) is 22.0. The number of allylic oxidation sites excluding steroid dienone is 1. The summed E-state index contributed by atoms with van der Waals surface area (Å²) in [6, 6.07) is 24.6. The Kier molecular flexibility index (Phi) is 5.54. The molecule has 1 N–H and O–H groups in total. The predicted octanol–water partition coefficient (Wildman–Crippen LogP) is 6.00. The minimum Gasteiger partial charge on any atom is -0.497 e. The molecule has 1 saturated heterocycles. The van der Waals surface area contributed by atoms with Gasteiger partial charge in [-0.2, -0.15) is 0 Å². The molecule has 3 aliphatic rings. The fourth-order valence-electron chi connectivity index (χ4n) is 6.91. The number of ketones is 2. The summed E-state index contributed by atoms with van der Waals surface area (Å²) >= 11 is 1.35. The van der Waals surface area contributed by atoms with E-state index in [2.05, 4.69) is 11.4 Å². The van der Waals surface area contributed by atoms with E-state index < -0.39 is 23.4 Å². The van der Waals surface area contributed by atoms with E-state index in [0.717, 1.165) is 22.4 Å². The quantitative estimate of drug-likeness (QED) is 0.311. The number of thiophene rings is 1. The van der Waals surface area contributed by atoms with Crippen LogP contribution in [0.5, 0.6) is 5.75 Å². The van der Waals surface area contributed by atoms with Crippen LogP contribution in [0.4, 0.5) is 11.4 Å². The number of Topliss-reactive ketones (excluding diaryl/α,β-unsaturated/α-hetero) is 2. The highest BCUT2D eigenvalue weighted by Gasteiger charge is 2.70. The standard InChI is InChI=1S/C33H26N2O4S/c1-19-17-27-33(23-12-4-5-13-24(23)34-32(33)38)28(30(36)20-9-7-10-21(18-20)39-2)29(31(37)26-15-8-16-40-26)35(27)25-14-6-3-11-22(19)25/h3-18,27-29H,1-2H3,(H,34,38)/t27-,28-,29+,33+/m0/s1. The summed E-state index contributed by atoms with van der Waals surface area (Å²) in [5, 5.41) is 4.94. The third-order valence-corrected chi connectivity index (χ3v) is 9.44. The van der Waals surface area contributed by atoms with Crippen molar-refractivity contribution >= 4 is 45.8 Å². The van der Waals surface area contributed by atoms with Crippen molar-refractivity contribution in [2.24, 2.45) is 5.92 Å². The van der Waals surface area contributed by atoms with Crippen molar-refractivity contribution < 1.29 is 19.1 Å². The monoisotopic (exact) mass is 546 g/mol. The molecular weight excluding hydrogens is 520 g/mol. The third-order valence-electron chi connectivity index (χ3n) is 8.55. The van der Waals surface area contributed by atoms with Gasteiger partial charge in [-0.1, -0.05) is 60.7 Å². The smallest absolute Gasteiger partial charge is 0.238 e. The summed E-state index contributed by atoms with van der Waals surface area (Å²) in [6.07, 6.45) is 2.07. The lowest BCUT2D eigenvalue weighted by Crippen LogP contribution is -2.51. The normalized spacial score (nSPS) is 24.1. The second-order valence-electron chi connectivity index (χ2n) is 10.4. The first kappa shape index (κ1) is 24.5. The number of hydrogen-bond donors (Lipinski definition) is 1. The summed E-state index contributed by atoms with van der Waals surface area (Å²) in [6.45, 7) is 2.02. The number of para-hydroxylation sites is 2. The Morgan fingerprint density at radius 1 is 0.950 bits per heavy atom. The number of nitrogens with zero attached hydrogens (tertiary/aromatic N) is 1. The second-order valence-corrected chi connectivity index (χ2v) is 11.4. The number of nitrogens with one attached hydrogen (secondary N) is 1. The van der Waals surface area contributed by atoms with Gasteiger partial charge in [-0.15, -0.1) is 11.3 Å². The molecule has 7 heteroatoms. The zero-order valence-corrected chi connectivity index (χ0v) is 22.8. The molecule has 0 aliphatic carbocycles. The van der Waals surface area contributed by atoms with E-state index in [1.54, 1.807) is 37.4 Å². The molecule has 6 nitrogen and oxygen atoms in total. The summed E-state index contributed by atoms with van der Waals surface area (Å²) in [5.41, 5.74) is 3.32. The third kappa shape index (κ3) is 3.24. The molecule has 3 aliphatic heterocycles. The lowest BCUT2D eigenvalue weighted by atomic mass is 9.64. The van der Waals surface area contributed by atoms with E-state index in [1.165, 1.54) is 11.3 Å². The summed E-state index contributed by atoms with van der Waals surface area (Å²) in [7, 11) is 1.55. The Labute approximate surface area is 235 Å². The van der Waals surface area contributed by atoms with Crippen molar-refractivity contribution in [1.29, 1.82) is 0 Å². The summed E-state index contributed by atoms with van der Waals surface area (Å²) in [4.78, 5) is 46.3. The van der Waals surface area contributed by atoms with Gasteiger partial charge >= 0.3 is 0 Å². The SMILES string of the molecule is COc1cccc(C(=O)[C@@H]2[C@H](C(=O)c3cccs3)N3c4ccccc4C(C)=C[C@H]3[C@@]23C(=O)Nc2ccccc23)c1. The van der Waals surface area contributed by atoms with Crippen molar-refractivity contribution in [2.75, 3.05) is 17.3 Å². The van der Waals surface area contributed by atoms with Crippen molar-refractivity contribution in [3.05, 3.63) is 118 Å². The van der Waals surface area contributed by atoms with Crippen LogP contribution in [-0.2, 0) is 10.2 Å². The number of fused-ring (bicyclic) bond motifs is 6. The maximum absolute atomic E-state index is 14.8. The average molecular weight is 547 g/mol. The molecule has 1 spiro atoms. The highest BCUT2D eigenvalue weighted by molar-refractivity contribution is 7.12. The average Bonchev–Trinajstić information content (AvgIpc) is 3.70. The van der Waals surface area contributed by atoms with Crippen LogP contribution >= 0.6 is 11.3 Å². The van der Waals surface area contributed by atoms with E-state index in [9.17, 15) is 14.4 Å². The molecule has 4 heterocycles. The largest absolute Gasteiger partial charge is 0.497 e. The molecule has 0 unspecified atom stereocenters. The lowest BCUT2D eigenvalue weighted by Gasteiger charge is -2.39. The van der Waals surface area contributed by atoms with Gasteiger partial charge in [0.15, 0.2) is 11.6 Å². The van der Waals surface area contributed by atoms with Crippen molar-refractivity contribution in [3.8, 4) is 5.75 Å². The molecule has 1 amide bonds. The Morgan fingerprint density at radius 3 is 2.55 bits per heavy atom. The molecular formula is C33H26N2O4S. The van der Waals surface area contributed by atoms with Crippen LogP contribution in [0, 0.1) is 5.92 Å². The molecule has 4 aromatic rings. The number of hydrogen-bond acceptors (Lipinski definition) is 6. The van der Waals surface area contributed by atoms with Gasteiger partial charge in [0.2, 0.25) is 5.91 Å². The van der Waals surface area contributed by atoms with E-state index in [4.69, 9.17) is 4.74 Å². The van der Waals surface area contributed by atoms with E-state index in [0.29, 0.717) is 21.9 Å². The number of carbonyl (C=O) groups is 3. The predicted molar refractivity (Wildman–Crippen MR) is 156 cm³/mol. The number of amides is 1. The van der Waals surface area contributed by atoms with Crippen LogP contribution < -0.4 is 15.0 Å². The number of carbonyl (C=O) groups excluding carboxylic acids is 3. The number of anilines is 2. The second kappa shape index (κ2) is 9.03. The fourth-order valence-corrected chi connectivity index (χ4v) is 7.61. The topological polar surface area (TPSA) is 75.7 Å². The summed E-state index contributed by atoms with van der Waals surface area (Å²) in [5.74, 6) is -1.17. The van der Waals surface area contributed by atoms with Gasteiger partial charge in [0, 0.05) is 22.5 Å². The number of methoxy groups -OCH3 is 1. The zero-order chi connectivity index (χ0) is 27.6. The molecule has 0 saturated carbocycles. The minimum atomic E-state index is -1.33. The van der Waals surface area contributed by atoms with E-state index in [-0.39, 0.29) is 17.5 Å². The first-order valence-corrected chi connectivity index (χ1v) is 14.1. The van der Waals surface area contributed by atoms with Crippen LogP contribution in [0.3, 0.4) is 0 Å². The van der Waals surface area contributed by atoms with Crippen molar-refractivity contribution in [3.63, 3.8) is 0 Å². The van der Waals surface area contributed by atoms with Crippen molar-refractivity contribution in [2.45, 2.75) is 24.4 Å².